The highest BCUT2D eigenvalue weighted by atomic mass is 32.1. The first kappa shape index (κ1) is 14.7. The molecule has 2 aromatic rings. The average molecular weight is 319 g/mol. The van der Waals surface area contributed by atoms with E-state index < -0.39 is 23.7 Å². The van der Waals surface area contributed by atoms with Gasteiger partial charge in [-0.1, -0.05) is 12.1 Å². The lowest BCUT2D eigenvalue weighted by Crippen LogP contribution is -2.43. The Labute approximate surface area is 131 Å². The van der Waals surface area contributed by atoms with Gasteiger partial charge in [0.1, 0.15) is 5.82 Å². The number of hydrogen-bond donors (Lipinski definition) is 0. The second-order valence-electron chi connectivity index (χ2n) is 4.95. The van der Waals surface area contributed by atoms with E-state index in [2.05, 4.69) is 0 Å². The van der Waals surface area contributed by atoms with Gasteiger partial charge in [0.2, 0.25) is 0 Å². The van der Waals surface area contributed by atoms with E-state index >= 15 is 0 Å². The van der Waals surface area contributed by atoms with E-state index in [1.807, 2.05) is 11.4 Å². The number of nitrogens with zero attached hydrogens (tertiary/aromatic N) is 1. The lowest BCUT2D eigenvalue weighted by molar-refractivity contribution is -0.146. The fourth-order valence-electron chi connectivity index (χ4n) is 2.69. The predicted molar refractivity (Wildman–Crippen MR) is 80.2 cm³/mol. The van der Waals surface area contributed by atoms with Crippen molar-refractivity contribution in [3.8, 4) is 0 Å². The SMILES string of the molecule is COC(=O)C1c2ccsc2CCN1C(=O)c1ccccc1F. The minimum atomic E-state index is -0.813. The van der Waals surface area contributed by atoms with Crippen LogP contribution in [-0.2, 0) is 16.0 Å². The molecule has 22 heavy (non-hydrogen) atoms. The van der Waals surface area contributed by atoms with Gasteiger partial charge in [0.05, 0.1) is 12.7 Å². The number of halogens is 1. The van der Waals surface area contributed by atoms with E-state index in [-0.39, 0.29) is 5.56 Å². The van der Waals surface area contributed by atoms with Gasteiger partial charge in [-0.2, -0.15) is 0 Å². The zero-order chi connectivity index (χ0) is 15.7. The molecule has 0 saturated heterocycles. The number of hydrogen-bond acceptors (Lipinski definition) is 4. The number of rotatable bonds is 2. The van der Waals surface area contributed by atoms with Crippen LogP contribution in [0.3, 0.4) is 0 Å². The lowest BCUT2D eigenvalue weighted by Gasteiger charge is -2.34. The number of fused-ring (bicyclic) bond motifs is 1. The van der Waals surface area contributed by atoms with Crippen LogP contribution in [0.5, 0.6) is 0 Å². The molecule has 1 aliphatic heterocycles. The smallest absolute Gasteiger partial charge is 0.333 e. The van der Waals surface area contributed by atoms with Crippen LogP contribution in [0.25, 0.3) is 0 Å². The van der Waals surface area contributed by atoms with Crippen molar-refractivity contribution in [2.45, 2.75) is 12.5 Å². The Balaban J connectivity index is 2.01. The molecule has 1 amide bonds. The molecule has 6 heteroatoms. The van der Waals surface area contributed by atoms with Crippen molar-refractivity contribution in [3.63, 3.8) is 0 Å². The summed E-state index contributed by atoms with van der Waals surface area (Å²) in [7, 11) is 1.29. The van der Waals surface area contributed by atoms with Crippen LogP contribution in [0, 0.1) is 5.82 Å². The summed E-state index contributed by atoms with van der Waals surface area (Å²) in [6.07, 6.45) is 0.653. The van der Waals surface area contributed by atoms with Gasteiger partial charge in [0, 0.05) is 11.4 Å². The van der Waals surface area contributed by atoms with E-state index in [1.54, 1.807) is 17.4 Å². The first-order valence-corrected chi connectivity index (χ1v) is 7.71. The molecule has 1 aliphatic rings. The van der Waals surface area contributed by atoms with Crippen LogP contribution >= 0.6 is 11.3 Å². The first-order valence-electron chi connectivity index (χ1n) is 6.83. The molecule has 0 N–H and O–H groups in total. The van der Waals surface area contributed by atoms with Crippen molar-refractivity contribution < 1.29 is 18.7 Å². The number of amides is 1. The van der Waals surface area contributed by atoms with Crippen molar-refractivity contribution in [3.05, 3.63) is 57.5 Å². The molecule has 114 valence electrons. The summed E-state index contributed by atoms with van der Waals surface area (Å²) < 4.78 is 18.7. The van der Waals surface area contributed by atoms with E-state index in [0.717, 1.165) is 10.4 Å². The molecular weight excluding hydrogens is 305 g/mol. The summed E-state index contributed by atoms with van der Waals surface area (Å²) in [6, 6.07) is 6.80. The fraction of sp³-hybridized carbons (Fsp3) is 0.250. The zero-order valence-corrected chi connectivity index (χ0v) is 12.7. The predicted octanol–water partition coefficient (Wildman–Crippen LogP) is 2.80. The maximum absolute atomic E-state index is 13.9. The highest BCUT2D eigenvalue weighted by Crippen LogP contribution is 2.35. The maximum Gasteiger partial charge on any atom is 0.333 e. The number of methoxy groups -OCH3 is 1. The normalized spacial score (nSPS) is 17.0. The van der Waals surface area contributed by atoms with Crippen molar-refractivity contribution in [2.75, 3.05) is 13.7 Å². The van der Waals surface area contributed by atoms with E-state index in [0.29, 0.717) is 13.0 Å². The third-order valence-electron chi connectivity index (χ3n) is 3.76. The Morgan fingerprint density at radius 3 is 2.82 bits per heavy atom. The number of benzene rings is 1. The molecule has 1 unspecified atom stereocenters. The van der Waals surface area contributed by atoms with Crippen molar-refractivity contribution >= 4 is 23.2 Å². The Kier molecular flexibility index (Phi) is 3.94. The fourth-order valence-corrected chi connectivity index (χ4v) is 3.59. The molecule has 0 radical (unpaired) electrons. The third kappa shape index (κ3) is 2.39. The highest BCUT2D eigenvalue weighted by molar-refractivity contribution is 7.10. The molecule has 0 aliphatic carbocycles. The largest absolute Gasteiger partial charge is 0.467 e. The standard InChI is InChI=1S/C16H14FNO3S/c1-21-16(20)14-11-7-9-22-13(11)6-8-18(14)15(19)10-4-2-3-5-12(10)17/h2-5,7,9,14H,6,8H2,1H3. The van der Waals surface area contributed by atoms with E-state index in [9.17, 15) is 14.0 Å². The highest BCUT2D eigenvalue weighted by Gasteiger charge is 2.38. The van der Waals surface area contributed by atoms with Crippen LogP contribution in [-0.4, -0.2) is 30.4 Å². The zero-order valence-electron chi connectivity index (χ0n) is 11.9. The monoisotopic (exact) mass is 319 g/mol. The molecule has 2 heterocycles. The Bertz CT molecular complexity index is 728. The molecule has 0 bridgehead atoms. The molecule has 4 nitrogen and oxygen atoms in total. The summed E-state index contributed by atoms with van der Waals surface area (Å²) in [5, 5.41) is 1.89. The topological polar surface area (TPSA) is 46.6 Å². The molecule has 1 atom stereocenters. The van der Waals surface area contributed by atoms with Gasteiger partial charge < -0.3 is 9.64 Å². The van der Waals surface area contributed by atoms with E-state index in [1.165, 1.54) is 30.2 Å². The minimum Gasteiger partial charge on any atom is -0.467 e. The van der Waals surface area contributed by atoms with Crippen molar-refractivity contribution in [1.82, 2.24) is 4.90 Å². The van der Waals surface area contributed by atoms with Crippen LogP contribution in [0.1, 0.15) is 26.8 Å². The second-order valence-corrected chi connectivity index (χ2v) is 5.95. The summed E-state index contributed by atoms with van der Waals surface area (Å²) in [5.74, 6) is -1.60. The molecule has 0 saturated carbocycles. The van der Waals surface area contributed by atoms with E-state index in [4.69, 9.17) is 4.74 Å². The molecular formula is C16H14FNO3S. The van der Waals surface area contributed by atoms with Gasteiger partial charge in [-0.05, 0) is 35.6 Å². The van der Waals surface area contributed by atoms with Crippen molar-refractivity contribution in [2.24, 2.45) is 0 Å². The van der Waals surface area contributed by atoms with Crippen LogP contribution in [0.4, 0.5) is 4.39 Å². The number of carbonyl (C=O) groups excluding carboxylic acids is 2. The molecule has 1 aromatic carbocycles. The van der Waals surface area contributed by atoms with Gasteiger partial charge in [0.25, 0.3) is 5.91 Å². The third-order valence-corrected chi connectivity index (χ3v) is 4.75. The quantitative estimate of drug-likeness (QED) is 0.800. The van der Waals surface area contributed by atoms with Crippen LogP contribution < -0.4 is 0 Å². The number of ether oxygens (including phenoxy) is 1. The maximum atomic E-state index is 13.9. The van der Waals surface area contributed by atoms with Crippen molar-refractivity contribution in [1.29, 1.82) is 0 Å². The van der Waals surface area contributed by atoms with Gasteiger partial charge in [-0.3, -0.25) is 4.79 Å². The Morgan fingerprint density at radius 1 is 1.32 bits per heavy atom. The second kappa shape index (κ2) is 5.88. The summed E-state index contributed by atoms with van der Waals surface area (Å²) in [5.41, 5.74) is 0.739. The van der Waals surface area contributed by atoms with Gasteiger partial charge in [0.15, 0.2) is 6.04 Å². The minimum absolute atomic E-state index is 0.0323. The Hall–Kier alpha value is -2.21. The van der Waals surface area contributed by atoms with Gasteiger partial charge in [-0.15, -0.1) is 11.3 Å². The number of carbonyl (C=O) groups is 2. The summed E-state index contributed by atoms with van der Waals surface area (Å²) >= 11 is 1.55. The average Bonchev–Trinajstić information content (AvgIpc) is 3.01. The summed E-state index contributed by atoms with van der Waals surface area (Å²) in [4.78, 5) is 27.3. The van der Waals surface area contributed by atoms with Crippen LogP contribution in [0.2, 0.25) is 0 Å². The Morgan fingerprint density at radius 2 is 2.09 bits per heavy atom. The lowest BCUT2D eigenvalue weighted by atomic mass is 9.98. The number of esters is 1. The summed E-state index contributed by atoms with van der Waals surface area (Å²) in [6.45, 7) is 0.362. The first-order chi connectivity index (χ1) is 10.6. The van der Waals surface area contributed by atoms with Gasteiger partial charge in [-0.25, -0.2) is 9.18 Å². The molecule has 3 rings (SSSR count). The number of thiophene rings is 1. The van der Waals surface area contributed by atoms with Crippen LogP contribution in [0.15, 0.2) is 35.7 Å². The molecule has 0 spiro atoms. The molecule has 0 fully saturated rings. The molecule has 1 aromatic heterocycles. The van der Waals surface area contributed by atoms with Gasteiger partial charge >= 0.3 is 5.97 Å².